The highest BCUT2D eigenvalue weighted by molar-refractivity contribution is 5.89. The third-order valence-corrected chi connectivity index (χ3v) is 6.15. The number of rotatable bonds is 5. The highest BCUT2D eigenvalue weighted by Gasteiger charge is 2.36. The van der Waals surface area contributed by atoms with Gasteiger partial charge in [0.05, 0.1) is 23.4 Å². The smallest absolute Gasteiger partial charge is 0.417 e. The van der Waals surface area contributed by atoms with Crippen LogP contribution in [-0.2, 0) is 12.7 Å². The van der Waals surface area contributed by atoms with E-state index in [-0.39, 0.29) is 17.8 Å². The summed E-state index contributed by atoms with van der Waals surface area (Å²) in [4.78, 5) is 24.7. The van der Waals surface area contributed by atoms with Crippen molar-refractivity contribution in [3.8, 4) is 28.5 Å². The molecule has 0 atom stereocenters. The van der Waals surface area contributed by atoms with Crippen LogP contribution in [0.5, 0.6) is 0 Å². The lowest BCUT2D eigenvalue weighted by molar-refractivity contribution is -0.137. The largest absolute Gasteiger partial charge is 0.478 e. The molecule has 0 aliphatic rings. The molecule has 0 radical (unpaired) electrons. The number of nitriles is 1. The summed E-state index contributed by atoms with van der Waals surface area (Å²) in [6.45, 7) is 3.72. The minimum Gasteiger partial charge on any atom is -0.478 e. The molecule has 186 valence electrons. The molecule has 0 saturated carbocycles. The first-order valence-corrected chi connectivity index (χ1v) is 11.2. The molecule has 37 heavy (non-hydrogen) atoms. The predicted molar refractivity (Wildman–Crippen MR) is 133 cm³/mol. The average Bonchev–Trinajstić information content (AvgIpc) is 2.85. The Hall–Kier alpha value is -4.64. The number of alkyl halides is 3. The van der Waals surface area contributed by atoms with Gasteiger partial charge in [-0.25, -0.2) is 4.79 Å². The van der Waals surface area contributed by atoms with Gasteiger partial charge in [-0.3, -0.25) is 4.79 Å². The van der Waals surface area contributed by atoms with E-state index in [1.54, 1.807) is 42.5 Å². The summed E-state index contributed by atoms with van der Waals surface area (Å²) >= 11 is 0. The van der Waals surface area contributed by atoms with Crippen LogP contribution in [0.25, 0.3) is 22.4 Å². The molecule has 8 heteroatoms. The molecule has 1 N–H and O–H groups in total. The van der Waals surface area contributed by atoms with Gasteiger partial charge in [0, 0.05) is 0 Å². The van der Waals surface area contributed by atoms with Gasteiger partial charge in [0.1, 0.15) is 11.6 Å². The number of carbonyl (C=O) groups is 1. The van der Waals surface area contributed by atoms with Crippen LogP contribution in [-0.4, -0.2) is 15.6 Å². The quantitative estimate of drug-likeness (QED) is 0.341. The maximum Gasteiger partial charge on any atom is 0.417 e. The van der Waals surface area contributed by atoms with Crippen molar-refractivity contribution in [1.82, 2.24) is 4.57 Å². The zero-order valence-corrected chi connectivity index (χ0v) is 19.9. The number of pyridine rings is 1. The Bertz CT molecular complexity index is 1630. The summed E-state index contributed by atoms with van der Waals surface area (Å²) in [7, 11) is 0. The van der Waals surface area contributed by atoms with Crippen LogP contribution in [0.4, 0.5) is 13.2 Å². The highest BCUT2D eigenvalue weighted by Crippen LogP contribution is 2.35. The van der Waals surface area contributed by atoms with E-state index in [1.165, 1.54) is 22.8 Å². The third kappa shape index (κ3) is 5.16. The van der Waals surface area contributed by atoms with E-state index in [4.69, 9.17) is 0 Å². The van der Waals surface area contributed by atoms with E-state index < -0.39 is 28.8 Å². The summed E-state index contributed by atoms with van der Waals surface area (Å²) in [6.07, 6.45) is -4.91. The second kappa shape index (κ2) is 9.78. The Balaban J connectivity index is 1.97. The van der Waals surface area contributed by atoms with Crippen molar-refractivity contribution >= 4 is 5.97 Å². The maximum absolute atomic E-state index is 13.9. The molecule has 0 fully saturated rings. The third-order valence-electron chi connectivity index (χ3n) is 6.15. The zero-order chi connectivity index (χ0) is 26.9. The Morgan fingerprint density at radius 2 is 1.59 bits per heavy atom. The molecule has 5 nitrogen and oxygen atoms in total. The Kier molecular flexibility index (Phi) is 6.73. The summed E-state index contributed by atoms with van der Waals surface area (Å²) in [5.74, 6) is -1.11. The molecule has 3 aromatic carbocycles. The fourth-order valence-corrected chi connectivity index (χ4v) is 4.26. The Morgan fingerprint density at radius 1 is 0.946 bits per heavy atom. The molecule has 0 unspecified atom stereocenters. The van der Waals surface area contributed by atoms with Gasteiger partial charge in [0.25, 0.3) is 5.56 Å². The number of carboxylic acid groups (broad SMARTS) is 1. The van der Waals surface area contributed by atoms with E-state index in [9.17, 15) is 33.1 Å². The first kappa shape index (κ1) is 25.5. The van der Waals surface area contributed by atoms with Gasteiger partial charge < -0.3 is 9.67 Å². The molecule has 4 rings (SSSR count). The number of nitrogens with zero attached hydrogens (tertiary/aromatic N) is 2. The van der Waals surface area contributed by atoms with Crippen molar-refractivity contribution in [3.05, 3.63) is 117 Å². The molecule has 0 bridgehead atoms. The van der Waals surface area contributed by atoms with Crippen molar-refractivity contribution in [2.75, 3.05) is 0 Å². The number of aromatic carboxylic acids is 1. The standard InChI is InChI=1S/C29H21F3N2O3/c1-17-9-10-23(18(2)11-17)16-34-26(14-25(29(30,31)32)24(15-33)27(34)35)21-7-3-5-19(12-21)20-6-4-8-22(13-20)28(36)37/h3-14H,16H2,1-2H3,(H,36,37). The summed E-state index contributed by atoms with van der Waals surface area (Å²) in [5, 5.41) is 18.8. The van der Waals surface area contributed by atoms with Crippen molar-refractivity contribution < 1.29 is 23.1 Å². The number of hydrogen-bond donors (Lipinski definition) is 1. The van der Waals surface area contributed by atoms with Crippen LogP contribution in [0.3, 0.4) is 0 Å². The fraction of sp³-hybridized carbons (Fsp3) is 0.138. The molecule has 0 saturated heterocycles. The van der Waals surface area contributed by atoms with Gasteiger partial charge >= 0.3 is 12.1 Å². The summed E-state index contributed by atoms with van der Waals surface area (Å²) in [5.41, 5.74) is 0.754. The van der Waals surface area contributed by atoms with Gasteiger partial charge in [-0.05, 0) is 65.9 Å². The van der Waals surface area contributed by atoms with Gasteiger partial charge in [-0.15, -0.1) is 0 Å². The van der Waals surface area contributed by atoms with E-state index in [2.05, 4.69) is 0 Å². The molecular weight excluding hydrogens is 481 g/mol. The summed E-state index contributed by atoms with van der Waals surface area (Å²) in [6, 6.07) is 20.5. The van der Waals surface area contributed by atoms with Crippen LogP contribution in [0.2, 0.25) is 0 Å². The molecule has 1 heterocycles. The summed E-state index contributed by atoms with van der Waals surface area (Å²) < 4.78 is 42.8. The fourth-order valence-electron chi connectivity index (χ4n) is 4.26. The van der Waals surface area contributed by atoms with Crippen molar-refractivity contribution in [2.24, 2.45) is 0 Å². The average molecular weight is 502 g/mol. The first-order chi connectivity index (χ1) is 17.5. The molecule has 0 spiro atoms. The van der Waals surface area contributed by atoms with Crippen LogP contribution in [0, 0.1) is 25.2 Å². The van der Waals surface area contributed by atoms with Gasteiger partial charge in [0.2, 0.25) is 0 Å². The molecule has 1 aromatic heterocycles. The van der Waals surface area contributed by atoms with E-state index >= 15 is 0 Å². The zero-order valence-electron chi connectivity index (χ0n) is 19.9. The second-order valence-electron chi connectivity index (χ2n) is 8.72. The van der Waals surface area contributed by atoms with Crippen LogP contribution in [0.15, 0.2) is 77.6 Å². The first-order valence-electron chi connectivity index (χ1n) is 11.2. The minimum absolute atomic E-state index is 0.00691. The van der Waals surface area contributed by atoms with E-state index in [1.807, 2.05) is 26.0 Å². The molecule has 0 aliphatic heterocycles. The van der Waals surface area contributed by atoms with Crippen molar-refractivity contribution in [3.63, 3.8) is 0 Å². The SMILES string of the molecule is Cc1ccc(Cn2c(-c3cccc(-c4cccc(C(=O)O)c4)c3)cc(C(F)(F)F)c(C#N)c2=O)c(C)c1. The Labute approximate surface area is 210 Å². The molecular formula is C29H21F3N2O3. The van der Waals surface area contributed by atoms with E-state index in [0.717, 1.165) is 22.8 Å². The lowest BCUT2D eigenvalue weighted by Gasteiger charge is -2.19. The number of hydrogen-bond acceptors (Lipinski definition) is 3. The van der Waals surface area contributed by atoms with Crippen LogP contribution in [0.1, 0.15) is 38.2 Å². The molecule has 0 aliphatic carbocycles. The van der Waals surface area contributed by atoms with Gasteiger partial charge in [-0.2, -0.15) is 18.4 Å². The normalized spacial score (nSPS) is 11.2. The number of benzene rings is 3. The van der Waals surface area contributed by atoms with Gasteiger partial charge in [-0.1, -0.05) is 54.1 Å². The minimum atomic E-state index is -4.91. The van der Waals surface area contributed by atoms with Crippen molar-refractivity contribution in [1.29, 1.82) is 5.26 Å². The second-order valence-corrected chi connectivity index (χ2v) is 8.72. The maximum atomic E-state index is 13.9. The number of halogens is 3. The topological polar surface area (TPSA) is 83.1 Å². The van der Waals surface area contributed by atoms with E-state index in [0.29, 0.717) is 16.7 Å². The van der Waals surface area contributed by atoms with Crippen molar-refractivity contribution in [2.45, 2.75) is 26.6 Å². The molecule has 4 aromatic rings. The number of aryl methyl sites for hydroxylation is 2. The molecule has 0 amide bonds. The predicted octanol–water partition coefficient (Wildman–Crippen LogP) is 6.44. The van der Waals surface area contributed by atoms with Crippen LogP contribution >= 0.6 is 0 Å². The lowest BCUT2D eigenvalue weighted by atomic mass is 9.98. The highest BCUT2D eigenvalue weighted by atomic mass is 19.4. The monoisotopic (exact) mass is 502 g/mol. The number of carboxylic acids is 1. The van der Waals surface area contributed by atoms with Crippen LogP contribution < -0.4 is 5.56 Å². The Morgan fingerprint density at radius 3 is 2.22 bits per heavy atom. The lowest BCUT2D eigenvalue weighted by Crippen LogP contribution is -2.29. The van der Waals surface area contributed by atoms with Gasteiger partial charge in [0.15, 0.2) is 0 Å². The number of aromatic nitrogens is 1.